The van der Waals surface area contributed by atoms with E-state index in [0.717, 1.165) is 5.56 Å². The van der Waals surface area contributed by atoms with Crippen LogP contribution in [0.25, 0.3) is 11.4 Å². The van der Waals surface area contributed by atoms with Crippen LogP contribution in [0.2, 0.25) is 0 Å². The van der Waals surface area contributed by atoms with Gasteiger partial charge in [-0.15, -0.1) is 0 Å². The highest BCUT2D eigenvalue weighted by atomic mass is 16.5. The van der Waals surface area contributed by atoms with Crippen molar-refractivity contribution in [2.75, 3.05) is 17.7 Å². The quantitative estimate of drug-likeness (QED) is 0.470. The van der Waals surface area contributed by atoms with Crippen molar-refractivity contribution in [1.29, 1.82) is 0 Å². The van der Waals surface area contributed by atoms with Gasteiger partial charge in [-0.3, -0.25) is 9.59 Å². The molecule has 7 nitrogen and oxygen atoms in total. The minimum Gasteiger partial charge on any atom is -0.497 e. The van der Waals surface area contributed by atoms with E-state index in [1.165, 1.54) is 12.4 Å². The molecule has 2 N–H and O–H groups in total. The average molecular weight is 424 g/mol. The summed E-state index contributed by atoms with van der Waals surface area (Å²) in [6.45, 7) is 0. The van der Waals surface area contributed by atoms with Gasteiger partial charge in [-0.05, 0) is 24.3 Å². The molecule has 158 valence electrons. The molecule has 0 aliphatic rings. The summed E-state index contributed by atoms with van der Waals surface area (Å²) >= 11 is 0. The third-order valence-corrected chi connectivity index (χ3v) is 4.69. The molecule has 0 aliphatic heterocycles. The number of hydrogen-bond donors (Lipinski definition) is 2. The van der Waals surface area contributed by atoms with Crippen LogP contribution in [0.3, 0.4) is 0 Å². The fourth-order valence-electron chi connectivity index (χ4n) is 3.07. The van der Waals surface area contributed by atoms with E-state index < -0.39 is 5.91 Å². The van der Waals surface area contributed by atoms with Crippen molar-refractivity contribution in [2.24, 2.45) is 0 Å². The van der Waals surface area contributed by atoms with Crippen LogP contribution in [-0.4, -0.2) is 28.9 Å². The Morgan fingerprint density at radius 1 is 0.781 bits per heavy atom. The molecular formula is C25H20N4O3. The first-order valence-corrected chi connectivity index (χ1v) is 9.87. The molecule has 4 aromatic rings. The molecule has 0 bridgehead atoms. The molecule has 0 fully saturated rings. The monoisotopic (exact) mass is 424 g/mol. The summed E-state index contributed by atoms with van der Waals surface area (Å²) in [5, 5.41) is 5.59. The number of para-hydroxylation sites is 1. The second-order valence-electron chi connectivity index (χ2n) is 6.85. The fourth-order valence-corrected chi connectivity index (χ4v) is 3.07. The second kappa shape index (κ2) is 9.53. The number of benzene rings is 3. The number of hydrogen-bond acceptors (Lipinski definition) is 5. The lowest BCUT2D eigenvalue weighted by atomic mass is 10.1. The summed E-state index contributed by atoms with van der Waals surface area (Å²) < 4.78 is 5.18. The van der Waals surface area contributed by atoms with Gasteiger partial charge in [0.15, 0.2) is 5.82 Å². The van der Waals surface area contributed by atoms with Gasteiger partial charge in [-0.25, -0.2) is 9.97 Å². The molecule has 0 saturated heterocycles. The average Bonchev–Trinajstić information content (AvgIpc) is 2.85. The van der Waals surface area contributed by atoms with E-state index in [0.29, 0.717) is 28.5 Å². The third kappa shape index (κ3) is 4.79. The molecule has 1 aromatic heterocycles. The van der Waals surface area contributed by atoms with Gasteiger partial charge in [-0.2, -0.15) is 0 Å². The van der Waals surface area contributed by atoms with Crippen molar-refractivity contribution in [3.05, 3.63) is 102 Å². The Kier molecular flexibility index (Phi) is 6.17. The zero-order valence-corrected chi connectivity index (χ0v) is 17.3. The molecule has 1 heterocycles. The SMILES string of the molecule is COc1cccc(NC(=O)c2ccccc2NC(=O)c2cnc(-c3ccccc3)nc2)c1. The van der Waals surface area contributed by atoms with E-state index in [4.69, 9.17) is 4.74 Å². The molecule has 3 aromatic carbocycles. The fraction of sp³-hybridized carbons (Fsp3) is 0.0400. The van der Waals surface area contributed by atoms with Crippen molar-refractivity contribution < 1.29 is 14.3 Å². The van der Waals surface area contributed by atoms with Gasteiger partial charge in [0.1, 0.15) is 5.75 Å². The Balaban J connectivity index is 1.50. The molecule has 0 aliphatic carbocycles. The molecular weight excluding hydrogens is 404 g/mol. The number of carbonyl (C=O) groups is 2. The summed E-state index contributed by atoms with van der Waals surface area (Å²) in [6.07, 6.45) is 2.92. The Bertz CT molecular complexity index is 1240. The number of nitrogens with one attached hydrogen (secondary N) is 2. The van der Waals surface area contributed by atoms with E-state index >= 15 is 0 Å². The molecule has 0 spiro atoms. The normalized spacial score (nSPS) is 10.3. The second-order valence-corrected chi connectivity index (χ2v) is 6.85. The lowest BCUT2D eigenvalue weighted by Gasteiger charge is -2.12. The smallest absolute Gasteiger partial charge is 0.258 e. The topological polar surface area (TPSA) is 93.2 Å². The maximum Gasteiger partial charge on any atom is 0.258 e. The number of methoxy groups -OCH3 is 1. The summed E-state index contributed by atoms with van der Waals surface area (Å²) in [7, 11) is 1.56. The highest BCUT2D eigenvalue weighted by molar-refractivity contribution is 6.12. The molecule has 0 unspecified atom stereocenters. The van der Waals surface area contributed by atoms with E-state index in [1.807, 2.05) is 30.3 Å². The van der Waals surface area contributed by atoms with E-state index in [-0.39, 0.29) is 11.5 Å². The third-order valence-electron chi connectivity index (χ3n) is 4.69. The lowest BCUT2D eigenvalue weighted by molar-refractivity contribution is 0.102. The summed E-state index contributed by atoms with van der Waals surface area (Å²) in [4.78, 5) is 34.1. The predicted octanol–water partition coefficient (Wildman–Crippen LogP) is 4.66. The van der Waals surface area contributed by atoms with Crippen LogP contribution < -0.4 is 15.4 Å². The van der Waals surface area contributed by atoms with E-state index in [1.54, 1.807) is 55.6 Å². The maximum atomic E-state index is 12.8. The molecule has 2 amide bonds. The van der Waals surface area contributed by atoms with Crippen molar-refractivity contribution in [2.45, 2.75) is 0 Å². The van der Waals surface area contributed by atoms with E-state index in [2.05, 4.69) is 20.6 Å². The molecule has 32 heavy (non-hydrogen) atoms. The Labute approximate surface area is 185 Å². The van der Waals surface area contributed by atoms with Crippen LogP contribution >= 0.6 is 0 Å². The molecule has 0 radical (unpaired) electrons. The number of nitrogens with zero attached hydrogens (tertiary/aromatic N) is 2. The number of rotatable bonds is 6. The summed E-state index contributed by atoms with van der Waals surface area (Å²) in [5.41, 5.74) is 2.43. The first kappa shape index (κ1) is 20.7. The van der Waals surface area contributed by atoms with Crippen LogP contribution in [0, 0.1) is 0 Å². The van der Waals surface area contributed by atoms with E-state index in [9.17, 15) is 9.59 Å². The Morgan fingerprint density at radius 3 is 2.25 bits per heavy atom. The minimum absolute atomic E-state index is 0.285. The van der Waals surface area contributed by atoms with Crippen molar-refractivity contribution >= 4 is 23.2 Å². The van der Waals surface area contributed by atoms with Crippen LogP contribution in [0.5, 0.6) is 5.75 Å². The first-order chi connectivity index (χ1) is 15.6. The standard InChI is InChI=1S/C25H20N4O3/c1-32-20-11-7-10-19(14-20)28-25(31)21-12-5-6-13-22(21)29-24(30)18-15-26-23(27-16-18)17-8-3-2-4-9-17/h2-16H,1H3,(H,28,31)(H,29,30). The molecule has 4 rings (SSSR count). The van der Waals surface area contributed by atoms with Crippen molar-refractivity contribution in [1.82, 2.24) is 9.97 Å². The number of ether oxygens (including phenoxy) is 1. The first-order valence-electron chi connectivity index (χ1n) is 9.87. The number of amides is 2. The van der Waals surface area contributed by atoms with Gasteiger partial charge in [0, 0.05) is 29.7 Å². The molecule has 7 heteroatoms. The van der Waals surface area contributed by atoms with Gasteiger partial charge in [0.05, 0.1) is 23.9 Å². The predicted molar refractivity (Wildman–Crippen MR) is 123 cm³/mol. The summed E-state index contributed by atoms with van der Waals surface area (Å²) in [6, 6.07) is 23.3. The van der Waals surface area contributed by atoms with Crippen molar-refractivity contribution in [3.63, 3.8) is 0 Å². The largest absolute Gasteiger partial charge is 0.497 e. The number of anilines is 2. The molecule has 0 atom stereocenters. The maximum absolute atomic E-state index is 12.8. The van der Waals surface area contributed by atoms with Crippen LogP contribution in [0.1, 0.15) is 20.7 Å². The van der Waals surface area contributed by atoms with Gasteiger partial charge in [-0.1, -0.05) is 48.5 Å². The van der Waals surface area contributed by atoms with Gasteiger partial charge >= 0.3 is 0 Å². The van der Waals surface area contributed by atoms with Crippen molar-refractivity contribution in [3.8, 4) is 17.1 Å². The lowest BCUT2D eigenvalue weighted by Crippen LogP contribution is -2.18. The highest BCUT2D eigenvalue weighted by Gasteiger charge is 2.15. The highest BCUT2D eigenvalue weighted by Crippen LogP contribution is 2.21. The van der Waals surface area contributed by atoms with Crippen LogP contribution in [0.4, 0.5) is 11.4 Å². The minimum atomic E-state index is -0.411. The van der Waals surface area contributed by atoms with Gasteiger partial charge in [0.25, 0.3) is 11.8 Å². The zero-order valence-electron chi connectivity index (χ0n) is 17.3. The number of aromatic nitrogens is 2. The Morgan fingerprint density at radius 2 is 1.50 bits per heavy atom. The van der Waals surface area contributed by atoms with Gasteiger partial charge in [0.2, 0.25) is 0 Å². The number of carbonyl (C=O) groups excluding carboxylic acids is 2. The summed E-state index contributed by atoms with van der Waals surface area (Å²) in [5.74, 6) is 0.389. The van der Waals surface area contributed by atoms with Gasteiger partial charge < -0.3 is 15.4 Å². The molecule has 0 saturated carbocycles. The van der Waals surface area contributed by atoms with Crippen LogP contribution in [0.15, 0.2) is 91.3 Å². The zero-order chi connectivity index (χ0) is 22.3. The van der Waals surface area contributed by atoms with Crippen LogP contribution in [-0.2, 0) is 0 Å². The Hall–Kier alpha value is -4.52.